The van der Waals surface area contributed by atoms with Crippen LogP contribution in [0, 0.1) is 0 Å². The van der Waals surface area contributed by atoms with Crippen molar-refractivity contribution in [1.29, 1.82) is 0 Å². The summed E-state index contributed by atoms with van der Waals surface area (Å²) < 4.78 is 10.3. The predicted molar refractivity (Wildman–Crippen MR) is 156 cm³/mol. The van der Waals surface area contributed by atoms with E-state index in [0.717, 1.165) is 21.6 Å². The highest BCUT2D eigenvalue weighted by Gasteiger charge is 2.47. The van der Waals surface area contributed by atoms with Crippen molar-refractivity contribution in [3.63, 3.8) is 0 Å². The topological polar surface area (TPSA) is 122 Å². The maximum atomic E-state index is 14.2. The Balaban J connectivity index is 1.28. The van der Waals surface area contributed by atoms with Gasteiger partial charge in [-0.1, -0.05) is 66.7 Å². The number of alkyl carbamates (subject to hydrolysis) is 1. The molecule has 0 unspecified atom stereocenters. The molecule has 0 fully saturated rings. The number of ether oxygens (including phenoxy) is 2. The maximum absolute atomic E-state index is 14.2. The molecule has 2 atom stereocenters. The van der Waals surface area contributed by atoms with Crippen molar-refractivity contribution >= 4 is 29.8 Å². The minimum absolute atomic E-state index is 0.124. The van der Waals surface area contributed by atoms with E-state index in [0.29, 0.717) is 19.4 Å². The van der Waals surface area contributed by atoms with Crippen molar-refractivity contribution in [3.8, 4) is 0 Å². The van der Waals surface area contributed by atoms with Crippen molar-refractivity contribution in [1.82, 2.24) is 15.1 Å². The number of carbonyl (C=O) groups is 5. The summed E-state index contributed by atoms with van der Waals surface area (Å²) in [6.07, 6.45) is 0.864. The molecule has 3 aromatic rings. The van der Waals surface area contributed by atoms with Crippen LogP contribution in [-0.4, -0.2) is 65.3 Å². The monoisotopic (exact) mass is 583 g/mol. The molecule has 3 aromatic carbocycles. The summed E-state index contributed by atoms with van der Waals surface area (Å²) in [6, 6.07) is 21.2. The second kappa shape index (κ2) is 13.3. The molecule has 5 rings (SSSR count). The van der Waals surface area contributed by atoms with Gasteiger partial charge < -0.3 is 19.7 Å². The van der Waals surface area contributed by atoms with Gasteiger partial charge in [-0.2, -0.15) is 0 Å². The van der Waals surface area contributed by atoms with Gasteiger partial charge in [0.05, 0.1) is 18.2 Å². The summed E-state index contributed by atoms with van der Waals surface area (Å²) >= 11 is 0. The summed E-state index contributed by atoms with van der Waals surface area (Å²) in [4.78, 5) is 68.5. The Morgan fingerprint density at radius 1 is 0.860 bits per heavy atom. The number of hydrogen-bond acceptors (Lipinski definition) is 7. The fourth-order valence-electron chi connectivity index (χ4n) is 5.58. The molecule has 4 amide bonds. The van der Waals surface area contributed by atoms with Gasteiger partial charge in [-0.3, -0.25) is 19.3 Å². The van der Waals surface area contributed by atoms with E-state index in [2.05, 4.69) is 5.32 Å². The molecular formula is C33H33N3O7. The van der Waals surface area contributed by atoms with Crippen molar-refractivity contribution < 1.29 is 33.4 Å². The summed E-state index contributed by atoms with van der Waals surface area (Å²) in [5.74, 6) is -2.15. The molecule has 43 heavy (non-hydrogen) atoms. The molecule has 2 heterocycles. The lowest BCUT2D eigenvalue weighted by atomic mass is 10.0. The Hall–Kier alpha value is -4.99. The van der Waals surface area contributed by atoms with Gasteiger partial charge in [0.1, 0.15) is 18.7 Å². The molecule has 2 aliphatic rings. The average molecular weight is 584 g/mol. The summed E-state index contributed by atoms with van der Waals surface area (Å²) in [7, 11) is 1.26. The molecule has 0 saturated heterocycles. The molecule has 1 N–H and O–H groups in total. The van der Waals surface area contributed by atoms with Crippen LogP contribution in [0.2, 0.25) is 0 Å². The lowest BCUT2D eigenvalue weighted by Gasteiger charge is -2.33. The van der Waals surface area contributed by atoms with Gasteiger partial charge in [-0.25, -0.2) is 9.59 Å². The van der Waals surface area contributed by atoms with Crippen LogP contribution in [0.15, 0.2) is 78.9 Å². The van der Waals surface area contributed by atoms with Crippen LogP contribution in [-0.2, 0) is 38.6 Å². The SMILES string of the molecule is COC(=O)[C@H](CCCCNC(=O)OCc1ccccc1)N1Cc2ccccc2C[C@H](N2C(=O)c3ccccc3C2=O)C1=O. The predicted octanol–water partition coefficient (Wildman–Crippen LogP) is 3.87. The Morgan fingerprint density at radius 2 is 1.49 bits per heavy atom. The standard InChI is InChI=1S/C33H33N3O7/c1-42-32(40)27(17-9-10-18-34-33(41)43-21-22-11-3-2-4-12-22)35-20-24-14-6-5-13-23(24)19-28(31(35)39)36-29(37)25-15-7-8-16-26(25)30(36)38/h2-8,11-16,27-28H,9-10,17-21H2,1H3,(H,34,41)/t27-,28-/m0/s1. The molecule has 10 nitrogen and oxygen atoms in total. The minimum Gasteiger partial charge on any atom is -0.467 e. The van der Waals surface area contributed by atoms with Crippen LogP contribution >= 0.6 is 0 Å². The van der Waals surface area contributed by atoms with Crippen LogP contribution in [0.5, 0.6) is 0 Å². The van der Waals surface area contributed by atoms with E-state index < -0.39 is 41.9 Å². The number of methoxy groups -OCH3 is 1. The summed E-state index contributed by atoms with van der Waals surface area (Å²) in [6.45, 7) is 0.596. The molecule has 0 aromatic heterocycles. The smallest absolute Gasteiger partial charge is 0.407 e. The first-order valence-corrected chi connectivity index (χ1v) is 14.3. The van der Waals surface area contributed by atoms with Gasteiger partial charge in [0.2, 0.25) is 5.91 Å². The van der Waals surface area contributed by atoms with Crippen LogP contribution < -0.4 is 5.32 Å². The van der Waals surface area contributed by atoms with Crippen LogP contribution in [0.4, 0.5) is 4.79 Å². The number of unbranched alkanes of at least 4 members (excludes halogenated alkanes) is 1. The first-order valence-electron chi connectivity index (χ1n) is 14.3. The normalized spacial score (nSPS) is 16.7. The number of imide groups is 1. The molecule has 0 spiro atoms. The van der Waals surface area contributed by atoms with Crippen molar-refractivity contribution in [2.24, 2.45) is 0 Å². The summed E-state index contributed by atoms with van der Waals surface area (Å²) in [5.41, 5.74) is 3.03. The van der Waals surface area contributed by atoms with Crippen molar-refractivity contribution in [2.45, 2.75) is 50.9 Å². The second-order valence-electron chi connectivity index (χ2n) is 10.5. The molecule has 0 aliphatic carbocycles. The van der Waals surface area contributed by atoms with Crippen LogP contribution in [0.1, 0.15) is 56.7 Å². The van der Waals surface area contributed by atoms with E-state index in [1.54, 1.807) is 24.3 Å². The zero-order valence-corrected chi connectivity index (χ0v) is 23.9. The first kappa shape index (κ1) is 29.5. The zero-order valence-electron chi connectivity index (χ0n) is 23.9. The highest BCUT2D eigenvalue weighted by atomic mass is 16.5. The van der Waals surface area contributed by atoms with Crippen molar-refractivity contribution in [3.05, 3.63) is 107 Å². The number of hydrogen-bond donors (Lipinski definition) is 1. The van der Waals surface area contributed by atoms with Gasteiger partial charge in [0, 0.05) is 19.5 Å². The van der Waals surface area contributed by atoms with E-state index in [-0.39, 0.29) is 37.1 Å². The number of amides is 4. The van der Waals surface area contributed by atoms with E-state index >= 15 is 0 Å². The number of fused-ring (bicyclic) bond motifs is 2. The molecule has 0 saturated carbocycles. The number of nitrogens with zero attached hydrogens (tertiary/aromatic N) is 2. The molecule has 0 bridgehead atoms. The molecular weight excluding hydrogens is 550 g/mol. The van der Waals surface area contributed by atoms with E-state index in [9.17, 15) is 24.0 Å². The lowest BCUT2D eigenvalue weighted by molar-refractivity contribution is -0.155. The van der Waals surface area contributed by atoms with Gasteiger partial charge >= 0.3 is 12.1 Å². The van der Waals surface area contributed by atoms with E-state index in [1.807, 2.05) is 54.6 Å². The molecule has 10 heteroatoms. The number of rotatable bonds is 10. The third-order valence-electron chi connectivity index (χ3n) is 7.81. The summed E-state index contributed by atoms with van der Waals surface area (Å²) in [5, 5.41) is 2.70. The maximum Gasteiger partial charge on any atom is 0.407 e. The Bertz CT molecular complexity index is 1490. The second-order valence-corrected chi connectivity index (χ2v) is 10.5. The molecule has 2 aliphatic heterocycles. The minimum atomic E-state index is -1.12. The number of carbonyl (C=O) groups excluding carboxylic acids is 5. The number of benzene rings is 3. The first-order chi connectivity index (χ1) is 20.9. The number of esters is 1. The highest BCUT2D eigenvalue weighted by Crippen LogP contribution is 2.31. The zero-order chi connectivity index (χ0) is 30.3. The number of nitrogens with one attached hydrogen (secondary N) is 1. The van der Waals surface area contributed by atoms with Gasteiger partial charge in [-0.15, -0.1) is 0 Å². The van der Waals surface area contributed by atoms with E-state index in [1.165, 1.54) is 12.0 Å². The van der Waals surface area contributed by atoms with Crippen molar-refractivity contribution in [2.75, 3.05) is 13.7 Å². The van der Waals surface area contributed by atoms with Crippen LogP contribution in [0.3, 0.4) is 0 Å². The molecule has 222 valence electrons. The Morgan fingerprint density at radius 3 is 2.16 bits per heavy atom. The average Bonchev–Trinajstić information content (AvgIpc) is 3.19. The largest absolute Gasteiger partial charge is 0.467 e. The Labute approximate surface area is 249 Å². The van der Waals surface area contributed by atoms with E-state index in [4.69, 9.17) is 9.47 Å². The third kappa shape index (κ3) is 6.43. The Kier molecular flexibility index (Phi) is 9.14. The molecule has 0 radical (unpaired) electrons. The quantitative estimate of drug-likeness (QED) is 0.218. The fraction of sp³-hybridized carbons (Fsp3) is 0.303. The van der Waals surface area contributed by atoms with Crippen LogP contribution in [0.25, 0.3) is 0 Å². The highest BCUT2D eigenvalue weighted by molar-refractivity contribution is 6.23. The van der Waals surface area contributed by atoms with Gasteiger partial charge in [0.15, 0.2) is 0 Å². The van der Waals surface area contributed by atoms with Gasteiger partial charge in [-0.05, 0) is 48.1 Å². The van der Waals surface area contributed by atoms with Gasteiger partial charge in [0.25, 0.3) is 11.8 Å². The fourth-order valence-corrected chi connectivity index (χ4v) is 5.58. The third-order valence-corrected chi connectivity index (χ3v) is 7.81. The lowest BCUT2D eigenvalue weighted by Crippen LogP contribution is -2.54.